The Balaban J connectivity index is 1.98. The summed E-state index contributed by atoms with van der Waals surface area (Å²) in [4.78, 5) is 17.8. The number of nitrogens with zero attached hydrogens (tertiary/aromatic N) is 2. The molecule has 0 aromatic carbocycles. The molecule has 18 heavy (non-hydrogen) atoms. The summed E-state index contributed by atoms with van der Waals surface area (Å²) in [6.07, 6.45) is 3.08. The van der Waals surface area contributed by atoms with E-state index in [-0.39, 0.29) is 5.91 Å². The fraction of sp³-hybridized carbons (Fsp3) is 0.538. The van der Waals surface area contributed by atoms with Crippen molar-refractivity contribution in [3.05, 3.63) is 23.9 Å². The molecule has 0 unspecified atom stereocenters. The fourth-order valence-corrected chi connectivity index (χ4v) is 1.96. The first-order valence-electron chi connectivity index (χ1n) is 6.28. The van der Waals surface area contributed by atoms with Crippen molar-refractivity contribution in [2.45, 2.75) is 12.8 Å². The third-order valence-corrected chi connectivity index (χ3v) is 3.06. The Morgan fingerprint density at radius 2 is 2.28 bits per heavy atom. The lowest BCUT2D eigenvalue weighted by molar-refractivity contribution is -0.120. The lowest BCUT2D eigenvalue weighted by Crippen LogP contribution is -2.36. The molecule has 1 amide bonds. The van der Waals surface area contributed by atoms with E-state index in [1.807, 2.05) is 12.3 Å². The number of ether oxygens (including phenoxy) is 1. The molecule has 0 radical (unpaired) electrons. The molecule has 1 aromatic heterocycles. The zero-order valence-corrected chi connectivity index (χ0v) is 10.7. The number of pyridine rings is 1. The van der Waals surface area contributed by atoms with E-state index in [9.17, 15) is 4.79 Å². The number of aromatic nitrogens is 1. The Bertz CT molecular complexity index is 403. The van der Waals surface area contributed by atoms with Crippen molar-refractivity contribution in [3.63, 3.8) is 0 Å². The van der Waals surface area contributed by atoms with Gasteiger partial charge in [-0.15, -0.1) is 0 Å². The molecule has 0 bridgehead atoms. The average molecular weight is 249 g/mol. The molecule has 1 fully saturated rings. The van der Waals surface area contributed by atoms with Gasteiger partial charge in [-0.2, -0.15) is 0 Å². The van der Waals surface area contributed by atoms with Crippen LogP contribution in [0.2, 0.25) is 0 Å². The maximum atomic E-state index is 11.2. The van der Waals surface area contributed by atoms with Crippen molar-refractivity contribution in [1.29, 1.82) is 0 Å². The number of hydrogen-bond acceptors (Lipinski definition) is 4. The van der Waals surface area contributed by atoms with Crippen molar-refractivity contribution >= 4 is 11.7 Å². The lowest BCUT2D eigenvalue weighted by Gasteiger charge is -2.28. The van der Waals surface area contributed by atoms with Crippen LogP contribution in [0.1, 0.15) is 12.0 Å². The summed E-state index contributed by atoms with van der Waals surface area (Å²) in [7, 11) is 1.66. The molecular formula is C13H19N3O2. The van der Waals surface area contributed by atoms with Gasteiger partial charge in [0.2, 0.25) is 5.91 Å². The molecule has 2 heterocycles. The minimum absolute atomic E-state index is 0.0692. The zero-order valence-electron chi connectivity index (χ0n) is 10.7. The maximum Gasteiger partial charge on any atom is 0.220 e. The predicted molar refractivity (Wildman–Crippen MR) is 69.7 cm³/mol. The van der Waals surface area contributed by atoms with E-state index >= 15 is 0 Å². The van der Waals surface area contributed by atoms with Crippen LogP contribution in [-0.4, -0.2) is 44.2 Å². The summed E-state index contributed by atoms with van der Waals surface area (Å²) in [5, 5.41) is 2.63. The van der Waals surface area contributed by atoms with Crippen LogP contribution in [0, 0.1) is 0 Å². The molecule has 1 aliphatic rings. The van der Waals surface area contributed by atoms with Crippen molar-refractivity contribution in [2.75, 3.05) is 38.3 Å². The van der Waals surface area contributed by atoms with Gasteiger partial charge in [-0.1, -0.05) is 0 Å². The predicted octanol–water partition coefficient (Wildman–Crippen LogP) is 0.597. The minimum atomic E-state index is 0.0692. The molecule has 0 atom stereocenters. The molecular weight excluding hydrogens is 230 g/mol. The Kier molecular flexibility index (Phi) is 4.52. The molecule has 5 nitrogen and oxygen atoms in total. The quantitative estimate of drug-likeness (QED) is 0.849. The van der Waals surface area contributed by atoms with Crippen molar-refractivity contribution < 1.29 is 9.53 Å². The monoisotopic (exact) mass is 249 g/mol. The number of anilines is 1. The van der Waals surface area contributed by atoms with Crippen molar-refractivity contribution in [3.8, 4) is 0 Å². The van der Waals surface area contributed by atoms with Crippen LogP contribution in [0.3, 0.4) is 0 Å². The molecule has 0 aliphatic carbocycles. The topological polar surface area (TPSA) is 54.5 Å². The molecule has 1 aliphatic heterocycles. The Morgan fingerprint density at radius 1 is 1.50 bits per heavy atom. The van der Waals surface area contributed by atoms with Gasteiger partial charge < -0.3 is 15.0 Å². The van der Waals surface area contributed by atoms with Gasteiger partial charge in [-0.05, 0) is 24.1 Å². The second-order valence-electron chi connectivity index (χ2n) is 4.29. The summed E-state index contributed by atoms with van der Waals surface area (Å²) in [6.45, 7) is 3.27. The Morgan fingerprint density at radius 3 is 3.00 bits per heavy atom. The van der Waals surface area contributed by atoms with E-state index in [0.29, 0.717) is 6.42 Å². The van der Waals surface area contributed by atoms with Gasteiger partial charge in [0.15, 0.2) is 0 Å². The van der Waals surface area contributed by atoms with Gasteiger partial charge in [-0.25, -0.2) is 4.98 Å². The summed E-state index contributed by atoms with van der Waals surface area (Å²) in [5.41, 5.74) is 1.15. The summed E-state index contributed by atoms with van der Waals surface area (Å²) in [6, 6.07) is 4.03. The largest absolute Gasteiger partial charge is 0.378 e. The number of nitrogens with one attached hydrogen (secondary N) is 1. The standard InChI is InChI=1S/C13H19N3O2/c1-14-13(17)3-2-11-4-5-15-12(10-11)16-6-8-18-9-7-16/h4-5,10H,2-3,6-9H2,1H3,(H,14,17). The van der Waals surface area contributed by atoms with Gasteiger partial charge in [0.05, 0.1) is 13.2 Å². The second kappa shape index (κ2) is 6.35. The van der Waals surface area contributed by atoms with Crippen LogP contribution >= 0.6 is 0 Å². The van der Waals surface area contributed by atoms with Crippen LogP contribution in [0.25, 0.3) is 0 Å². The lowest BCUT2D eigenvalue weighted by atomic mass is 10.1. The van der Waals surface area contributed by atoms with E-state index in [2.05, 4.69) is 21.3 Å². The van der Waals surface area contributed by atoms with Crippen LogP contribution < -0.4 is 10.2 Å². The molecule has 5 heteroatoms. The molecule has 0 saturated carbocycles. The first kappa shape index (κ1) is 12.8. The summed E-state index contributed by atoms with van der Waals surface area (Å²) in [5.74, 6) is 1.05. The molecule has 98 valence electrons. The molecule has 1 N–H and O–H groups in total. The third-order valence-electron chi connectivity index (χ3n) is 3.06. The van der Waals surface area contributed by atoms with Gasteiger partial charge in [-0.3, -0.25) is 4.79 Å². The summed E-state index contributed by atoms with van der Waals surface area (Å²) >= 11 is 0. The average Bonchev–Trinajstić information content (AvgIpc) is 2.46. The Labute approximate surface area is 107 Å². The van der Waals surface area contributed by atoms with Crippen LogP contribution in [-0.2, 0) is 16.0 Å². The highest BCUT2D eigenvalue weighted by Crippen LogP contribution is 2.15. The molecule has 1 saturated heterocycles. The molecule has 1 aromatic rings. The number of carbonyl (C=O) groups excluding carboxylic acids is 1. The van der Waals surface area contributed by atoms with Crippen molar-refractivity contribution in [1.82, 2.24) is 10.3 Å². The van der Waals surface area contributed by atoms with Crippen LogP contribution in [0.4, 0.5) is 5.82 Å². The third kappa shape index (κ3) is 3.43. The number of morpholine rings is 1. The molecule has 2 rings (SSSR count). The second-order valence-corrected chi connectivity index (χ2v) is 4.29. The summed E-state index contributed by atoms with van der Waals surface area (Å²) < 4.78 is 5.32. The first-order valence-corrected chi connectivity index (χ1v) is 6.28. The first-order chi connectivity index (χ1) is 8.79. The van der Waals surface area contributed by atoms with E-state index in [0.717, 1.165) is 44.1 Å². The van der Waals surface area contributed by atoms with Gasteiger partial charge in [0.1, 0.15) is 5.82 Å². The SMILES string of the molecule is CNC(=O)CCc1ccnc(N2CCOCC2)c1. The number of carbonyl (C=O) groups is 1. The van der Waals surface area contributed by atoms with Crippen LogP contribution in [0.5, 0.6) is 0 Å². The number of aryl methyl sites for hydroxylation is 1. The molecule has 0 spiro atoms. The highest BCUT2D eigenvalue weighted by atomic mass is 16.5. The fourth-order valence-electron chi connectivity index (χ4n) is 1.96. The smallest absolute Gasteiger partial charge is 0.220 e. The van der Waals surface area contributed by atoms with E-state index in [1.54, 1.807) is 7.05 Å². The zero-order chi connectivity index (χ0) is 12.8. The number of rotatable bonds is 4. The van der Waals surface area contributed by atoms with E-state index in [4.69, 9.17) is 4.74 Å². The highest BCUT2D eigenvalue weighted by Gasteiger charge is 2.12. The maximum absolute atomic E-state index is 11.2. The van der Waals surface area contributed by atoms with E-state index in [1.165, 1.54) is 0 Å². The highest BCUT2D eigenvalue weighted by molar-refractivity contribution is 5.75. The van der Waals surface area contributed by atoms with Gasteiger partial charge >= 0.3 is 0 Å². The Hall–Kier alpha value is -1.62. The van der Waals surface area contributed by atoms with Crippen molar-refractivity contribution in [2.24, 2.45) is 0 Å². The van der Waals surface area contributed by atoms with E-state index < -0.39 is 0 Å². The number of amides is 1. The van der Waals surface area contributed by atoms with Gasteiger partial charge in [0.25, 0.3) is 0 Å². The number of hydrogen-bond donors (Lipinski definition) is 1. The van der Waals surface area contributed by atoms with Crippen LogP contribution in [0.15, 0.2) is 18.3 Å². The van der Waals surface area contributed by atoms with Gasteiger partial charge in [0, 0.05) is 32.8 Å². The minimum Gasteiger partial charge on any atom is -0.378 e. The normalized spacial score (nSPS) is 15.5.